The molecule has 0 aliphatic carbocycles. The largest absolute Gasteiger partial charge is 0.497 e. The summed E-state index contributed by atoms with van der Waals surface area (Å²) in [6, 6.07) is 11.7. The molecular weight excluding hydrogens is 368 g/mol. The summed E-state index contributed by atoms with van der Waals surface area (Å²) in [5, 5.41) is 7.87. The van der Waals surface area contributed by atoms with Gasteiger partial charge in [-0.15, -0.1) is 0 Å². The Morgan fingerprint density at radius 1 is 1.27 bits per heavy atom. The van der Waals surface area contributed by atoms with Crippen LogP contribution in [0.15, 0.2) is 36.4 Å². The van der Waals surface area contributed by atoms with Crippen molar-refractivity contribution in [3.63, 3.8) is 0 Å². The molecule has 2 aromatic rings. The third-order valence-electron chi connectivity index (χ3n) is 4.41. The molecule has 4 nitrogen and oxygen atoms in total. The molecule has 2 aromatic carbocycles. The van der Waals surface area contributed by atoms with Gasteiger partial charge in [-0.1, -0.05) is 17.7 Å². The molecule has 0 amide bonds. The zero-order valence-corrected chi connectivity index (χ0v) is 16.9. The molecule has 138 valence electrons. The van der Waals surface area contributed by atoms with Gasteiger partial charge in [0.25, 0.3) is 0 Å². The number of rotatable bonds is 3. The number of anilines is 1. The molecule has 1 atom stereocenters. The lowest BCUT2D eigenvalue weighted by molar-refractivity contribution is 0.0695. The van der Waals surface area contributed by atoms with Crippen molar-refractivity contribution in [3.05, 3.63) is 52.5 Å². The van der Waals surface area contributed by atoms with E-state index in [0.717, 1.165) is 34.7 Å². The summed E-state index contributed by atoms with van der Waals surface area (Å²) < 4.78 is 11.5. The summed E-state index contributed by atoms with van der Waals surface area (Å²) in [6.07, 6.45) is 0.781. The first-order valence-electron chi connectivity index (χ1n) is 8.48. The van der Waals surface area contributed by atoms with Gasteiger partial charge in [0.05, 0.1) is 13.2 Å². The highest BCUT2D eigenvalue weighted by molar-refractivity contribution is 7.80. The third-order valence-corrected chi connectivity index (χ3v) is 5.04. The Hall–Kier alpha value is -1.98. The number of ether oxygens (including phenoxy) is 2. The summed E-state index contributed by atoms with van der Waals surface area (Å²) in [6.45, 7) is 6.12. The predicted molar refractivity (Wildman–Crippen MR) is 111 cm³/mol. The van der Waals surface area contributed by atoms with Gasteiger partial charge in [0.1, 0.15) is 17.1 Å². The third kappa shape index (κ3) is 4.22. The Labute approximate surface area is 164 Å². The van der Waals surface area contributed by atoms with Gasteiger partial charge >= 0.3 is 0 Å². The Morgan fingerprint density at radius 2 is 2.04 bits per heavy atom. The first kappa shape index (κ1) is 18.8. The summed E-state index contributed by atoms with van der Waals surface area (Å²) in [7, 11) is 1.66. The van der Waals surface area contributed by atoms with Crippen LogP contribution in [0.25, 0.3) is 0 Å². The zero-order chi connectivity index (χ0) is 18.9. The minimum atomic E-state index is -0.290. The summed E-state index contributed by atoms with van der Waals surface area (Å²) in [4.78, 5) is 0. The number of fused-ring (bicyclic) bond motifs is 1. The van der Waals surface area contributed by atoms with Crippen LogP contribution in [0.3, 0.4) is 0 Å². The normalized spacial score (nSPS) is 17.7. The molecule has 1 aliphatic rings. The van der Waals surface area contributed by atoms with Gasteiger partial charge in [0.2, 0.25) is 0 Å². The van der Waals surface area contributed by atoms with E-state index in [9.17, 15) is 0 Å². The Kier molecular flexibility index (Phi) is 5.30. The fourth-order valence-corrected chi connectivity index (χ4v) is 3.53. The number of nitrogens with one attached hydrogen (secondary N) is 2. The quantitative estimate of drug-likeness (QED) is 0.701. The first-order valence-corrected chi connectivity index (χ1v) is 9.27. The molecule has 1 aliphatic heterocycles. The molecule has 0 bridgehead atoms. The van der Waals surface area contributed by atoms with Gasteiger partial charge in [-0.2, -0.15) is 0 Å². The SMILES string of the molecule is COc1ccc2c(c1)C(NC(=S)Nc1ccc(C)c(Cl)c1)CC(C)(C)O2. The van der Waals surface area contributed by atoms with Crippen LogP contribution < -0.4 is 20.1 Å². The second-order valence-electron chi connectivity index (χ2n) is 7.08. The van der Waals surface area contributed by atoms with Crippen molar-refractivity contribution in [1.82, 2.24) is 5.32 Å². The Balaban J connectivity index is 1.79. The lowest BCUT2D eigenvalue weighted by Gasteiger charge is -2.38. The van der Waals surface area contributed by atoms with E-state index in [1.54, 1.807) is 7.11 Å². The fourth-order valence-electron chi connectivity index (χ4n) is 3.08. The van der Waals surface area contributed by atoms with E-state index in [0.29, 0.717) is 10.1 Å². The highest BCUT2D eigenvalue weighted by Crippen LogP contribution is 2.41. The molecule has 6 heteroatoms. The van der Waals surface area contributed by atoms with Crippen molar-refractivity contribution in [2.24, 2.45) is 0 Å². The molecule has 0 radical (unpaired) electrons. The summed E-state index contributed by atoms with van der Waals surface area (Å²) in [5.74, 6) is 1.64. The van der Waals surface area contributed by atoms with E-state index < -0.39 is 0 Å². The van der Waals surface area contributed by atoms with Crippen molar-refractivity contribution in [3.8, 4) is 11.5 Å². The topological polar surface area (TPSA) is 42.5 Å². The molecule has 1 heterocycles. The van der Waals surface area contributed by atoms with Crippen LogP contribution in [0.5, 0.6) is 11.5 Å². The zero-order valence-electron chi connectivity index (χ0n) is 15.4. The number of methoxy groups -OCH3 is 1. The minimum Gasteiger partial charge on any atom is -0.497 e. The molecule has 1 unspecified atom stereocenters. The van der Waals surface area contributed by atoms with Crippen molar-refractivity contribution < 1.29 is 9.47 Å². The van der Waals surface area contributed by atoms with Crippen LogP contribution >= 0.6 is 23.8 Å². The van der Waals surface area contributed by atoms with E-state index >= 15 is 0 Å². The van der Waals surface area contributed by atoms with Crippen molar-refractivity contribution in [2.75, 3.05) is 12.4 Å². The predicted octanol–water partition coefficient (Wildman–Crippen LogP) is 5.25. The van der Waals surface area contributed by atoms with Crippen LogP contribution in [0, 0.1) is 6.92 Å². The van der Waals surface area contributed by atoms with Gasteiger partial charge in [0.15, 0.2) is 5.11 Å². The van der Waals surface area contributed by atoms with Gasteiger partial charge < -0.3 is 20.1 Å². The van der Waals surface area contributed by atoms with Crippen molar-refractivity contribution in [2.45, 2.75) is 38.8 Å². The molecular formula is C20H23ClN2O2S. The molecule has 0 saturated carbocycles. The highest BCUT2D eigenvalue weighted by atomic mass is 35.5. The van der Waals surface area contributed by atoms with E-state index in [4.69, 9.17) is 33.3 Å². The van der Waals surface area contributed by atoms with E-state index in [-0.39, 0.29) is 11.6 Å². The van der Waals surface area contributed by atoms with E-state index in [1.165, 1.54) is 0 Å². The average molecular weight is 391 g/mol. The van der Waals surface area contributed by atoms with E-state index in [1.807, 2.05) is 43.3 Å². The van der Waals surface area contributed by atoms with Crippen LogP contribution in [0.4, 0.5) is 5.69 Å². The van der Waals surface area contributed by atoms with Gasteiger partial charge in [-0.25, -0.2) is 0 Å². The minimum absolute atomic E-state index is 0.0183. The molecule has 3 rings (SSSR count). The average Bonchev–Trinajstić information content (AvgIpc) is 2.57. The number of aryl methyl sites for hydroxylation is 1. The summed E-state index contributed by atoms with van der Waals surface area (Å²) >= 11 is 11.7. The molecule has 0 saturated heterocycles. The highest BCUT2D eigenvalue weighted by Gasteiger charge is 2.34. The number of benzene rings is 2. The molecule has 0 spiro atoms. The molecule has 0 fully saturated rings. The Morgan fingerprint density at radius 3 is 2.73 bits per heavy atom. The van der Waals surface area contributed by atoms with Crippen LogP contribution in [-0.2, 0) is 0 Å². The standard InChI is InChI=1S/C20H23ClN2O2S/c1-12-5-6-13(9-16(12)21)22-19(26)23-17-11-20(2,3)25-18-8-7-14(24-4)10-15(17)18/h5-10,17H,11H2,1-4H3,(H2,22,23,26). The Bertz CT molecular complexity index is 839. The maximum absolute atomic E-state index is 6.19. The smallest absolute Gasteiger partial charge is 0.171 e. The number of thiocarbonyl (C=S) groups is 1. The summed E-state index contributed by atoms with van der Waals surface area (Å²) in [5.41, 5.74) is 2.63. The molecule has 26 heavy (non-hydrogen) atoms. The number of hydrogen-bond acceptors (Lipinski definition) is 3. The van der Waals surface area contributed by atoms with Crippen molar-refractivity contribution in [1.29, 1.82) is 0 Å². The molecule has 2 N–H and O–H groups in total. The molecule has 0 aromatic heterocycles. The lowest BCUT2D eigenvalue weighted by Crippen LogP contribution is -2.42. The van der Waals surface area contributed by atoms with Gasteiger partial charge in [-0.05, 0) is 68.9 Å². The van der Waals surface area contributed by atoms with Crippen molar-refractivity contribution >= 4 is 34.6 Å². The fraction of sp³-hybridized carbons (Fsp3) is 0.350. The number of hydrogen-bond donors (Lipinski definition) is 2. The number of halogens is 1. The monoisotopic (exact) mass is 390 g/mol. The first-order chi connectivity index (χ1) is 12.3. The maximum atomic E-state index is 6.19. The van der Waals surface area contributed by atoms with Crippen LogP contribution in [0.1, 0.15) is 37.4 Å². The maximum Gasteiger partial charge on any atom is 0.171 e. The second-order valence-corrected chi connectivity index (χ2v) is 7.90. The van der Waals surface area contributed by atoms with Gasteiger partial charge in [-0.3, -0.25) is 0 Å². The second kappa shape index (κ2) is 7.33. The van der Waals surface area contributed by atoms with E-state index in [2.05, 4.69) is 24.5 Å². The van der Waals surface area contributed by atoms with Gasteiger partial charge in [0, 0.05) is 22.7 Å². The van der Waals surface area contributed by atoms with Crippen LogP contribution in [0.2, 0.25) is 5.02 Å². The lowest BCUT2D eigenvalue weighted by atomic mass is 9.89. The van der Waals surface area contributed by atoms with Crippen LogP contribution in [-0.4, -0.2) is 17.8 Å².